The van der Waals surface area contributed by atoms with Gasteiger partial charge in [0.2, 0.25) is 0 Å². The predicted octanol–water partition coefficient (Wildman–Crippen LogP) is 0.955. The molecule has 4 atom stereocenters. The second-order valence-corrected chi connectivity index (χ2v) is 3.96. The molecular formula is C9H16ClNO2. The SMILES string of the molecule is COC(=O)[C@@H]1[C@@H]2CC[C@@H](C2)[C@@H]1N.Cl. The molecule has 0 radical (unpaired) electrons. The lowest BCUT2D eigenvalue weighted by atomic mass is 9.85. The maximum atomic E-state index is 11.3. The van der Waals surface area contributed by atoms with Gasteiger partial charge >= 0.3 is 5.97 Å². The van der Waals surface area contributed by atoms with E-state index in [4.69, 9.17) is 10.5 Å². The van der Waals surface area contributed by atoms with Gasteiger partial charge in [-0.3, -0.25) is 4.79 Å². The minimum atomic E-state index is -0.102. The molecule has 0 saturated heterocycles. The van der Waals surface area contributed by atoms with Crippen molar-refractivity contribution in [2.45, 2.75) is 25.3 Å². The highest BCUT2D eigenvalue weighted by Gasteiger charge is 2.49. The zero-order valence-electron chi connectivity index (χ0n) is 7.73. The number of hydrogen-bond acceptors (Lipinski definition) is 3. The molecule has 0 amide bonds. The zero-order chi connectivity index (χ0) is 8.72. The van der Waals surface area contributed by atoms with Gasteiger partial charge in [0.25, 0.3) is 0 Å². The van der Waals surface area contributed by atoms with E-state index in [-0.39, 0.29) is 30.3 Å². The molecule has 2 saturated carbocycles. The van der Waals surface area contributed by atoms with Gasteiger partial charge in [-0.05, 0) is 31.1 Å². The average Bonchev–Trinajstić information content (AvgIpc) is 2.63. The third-order valence-electron chi connectivity index (χ3n) is 3.45. The van der Waals surface area contributed by atoms with Crippen molar-refractivity contribution >= 4 is 18.4 Å². The number of esters is 1. The van der Waals surface area contributed by atoms with Crippen LogP contribution in [0.2, 0.25) is 0 Å². The Hall–Kier alpha value is -0.280. The van der Waals surface area contributed by atoms with Crippen LogP contribution in [0.1, 0.15) is 19.3 Å². The van der Waals surface area contributed by atoms with Gasteiger partial charge in [0.1, 0.15) is 0 Å². The fourth-order valence-electron chi connectivity index (χ4n) is 2.82. The summed E-state index contributed by atoms with van der Waals surface area (Å²) in [6.45, 7) is 0. The van der Waals surface area contributed by atoms with E-state index in [0.717, 1.165) is 12.8 Å². The van der Waals surface area contributed by atoms with E-state index in [9.17, 15) is 4.79 Å². The second kappa shape index (κ2) is 3.84. The van der Waals surface area contributed by atoms with Gasteiger partial charge in [0, 0.05) is 6.04 Å². The lowest BCUT2D eigenvalue weighted by Gasteiger charge is -2.25. The van der Waals surface area contributed by atoms with E-state index in [1.165, 1.54) is 13.5 Å². The largest absolute Gasteiger partial charge is 0.469 e. The molecule has 0 spiro atoms. The van der Waals surface area contributed by atoms with E-state index in [2.05, 4.69) is 0 Å². The summed E-state index contributed by atoms with van der Waals surface area (Å²) in [4.78, 5) is 11.3. The molecule has 4 heteroatoms. The molecular weight excluding hydrogens is 190 g/mol. The highest BCUT2D eigenvalue weighted by atomic mass is 35.5. The summed E-state index contributed by atoms with van der Waals surface area (Å²) in [6, 6.07) is 0.0659. The van der Waals surface area contributed by atoms with Crippen LogP contribution in [0.4, 0.5) is 0 Å². The van der Waals surface area contributed by atoms with Crippen molar-refractivity contribution in [3.8, 4) is 0 Å². The molecule has 0 aliphatic heterocycles. The number of hydrogen-bond donors (Lipinski definition) is 1. The molecule has 3 nitrogen and oxygen atoms in total. The first-order valence-electron chi connectivity index (χ1n) is 4.57. The number of methoxy groups -OCH3 is 1. The first kappa shape index (κ1) is 10.8. The van der Waals surface area contributed by atoms with Crippen molar-refractivity contribution in [1.82, 2.24) is 0 Å². The number of fused-ring (bicyclic) bond motifs is 2. The molecule has 0 aromatic rings. The summed E-state index contributed by atoms with van der Waals surface area (Å²) in [5.41, 5.74) is 5.94. The number of halogens is 1. The lowest BCUT2D eigenvalue weighted by Crippen LogP contribution is -2.40. The molecule has 13 heavy (non-hydrogen) atoms. The Morgan fingerprint density at radius 2 is 2.00 bits per heavy atom. The Balaban J connectivity index is 0.000000845. The van der Waals surface area contributed by atoms with Gasteiger partial charge < -0.3 is 10.5 Å². The number of nitrogens with two attached hydrogens (primary N) is 1. The van der Waals surface area contributed by atoms with Gasteiger partial charge in [0.05, 0.1) is 13.0 Å². The Bertz CT molecular complexity index is 208. The first-order valence-corrected chi connectivity index (χ1v) is 4.57. The first-order chi connectivity index (χ1) is 5.74. The van der Waals surface area contributed by atoms with Crippen LogP contribution in [-0.4, -0.2) is 19.1 Å². The smallest absolute Gasteiger partial charge is 0.310 e. The van der Waals surface area contributed by atoms with Crippen LogP contribution in [0.3, 0.4) is 0 Å². The van der Waals surface area contributed by atoms with Crippen molar-refractivity contribution in [2.75, 3.05) is 7.11 Å². The van der Waals surface area contributed by atoms with E-state index in [1.807, 2.05) is 0 Å². The molecule has 2 fully saturated rings. The van der Waals surface area contributed by atoms with Crippen LogP contribution in [0, 0.1) is 17.8 Å². The summed E-state index contributed by atoms with van der Waals surface area (Å²) >= 11 is 0. The monoisotopic (exact) mass is 205 g/mol. The number of carbonyl (C=O) groups excluding carboxylic acids is 1. The molecule has 2 aliphatic carbocycles. The van der Waals surface area contributed by atoms with Crippen LogP contribution < -0.4 is 5.73 Å². The molecule has 2 rings (SSSR count). The zero-order valence-corrected chi connectivity index (χ0v) is 8.55. The Kier molecular flexibility index (Phi) is 3.19. The van der Waals surface area contributed by atoms with E-state index in [1.54, 1.807) is 0 Å². The summed E-state index contributed by atoms with van der Waals surface area (Å²) in [5, 5.41) is 0. The predicted molar refractivity (Wildman–Crippen MR) is 51.6 cm³/mol. The van der Waals surface area contributed by atoms with Crippen molar-refractivity contribution in [3.05, 3.63) is 0 Å². The van der Waals surface area contributed by atoms with Crippen molar-refractivity contribution in [2.24, 2.45) is 23.5 Å². The van der Waals surface area contributed by atoms with E-state index < -0.39 is 0 Å². The molecule has 2 bridgehead atoms. The summed E-state index contributed by atoms with van der Waals surface area (Å²) in [6.07, 6.45) is 3.51. The number of carbonyl (C=O) groups is 1. The van der Waals surface area contributed by atoms with Crippen LogP contribution >= 0.6 is 12.4 Å². The maximum absolute atomic E-state index is 11.3. The third-order valence-corrected chi connectivity index (χ3v) is 3.45. The van der Waals surface area contributed by atoms with Gasteiger partial charge in [-0.1, -0.05) is 0 Å². The molecule has 2 N–H and O–H groups in total. The average molecular weight is 206 g/mol. The van der Waals surface area contributed by atoms with Crippen molar-refractivity contribution < 1.29 is 9.53 Å². The lowest BCUT2D eigenvalue weighted by molar-refractivity contribution is -0.147. The number of rotatable bonds is 1. The fraction of sp³-hybridized carbons (Fsp3) is 0.889. The van der Waals surface area contributed by atoms with Crippen LogP contribution in [0.15, 0.2) is 0 Å². The van der Waals surface area contributed by atoms with E-state index >= 15 is 0 Å². The molecule has 0 heterocycles. The normalized spacial score (nSPS) is 41.4. The molecule has 76 valence electrons. The minimum Gasteiger partial charge on any atom is -0.469 e. The maximum Gasteiger partial charge on any atom is 0.310 e. The minimum absolute atomic E-state index is 0. The van der Waals surface area contributed by atoms with Gasteiger partial charge in [0.15, 0.2) is 0 Å². The Morgan fingerprint density at radius 3 is 2.46 bits per heavy atom. The van der Waals surface area contributed by atoms with Gasteiger partial charge in [-0.15, -0.1) is 12.4 Å². The van der Waals surface area contributed by atoms with Crippen molar-refractivity contribution in [3.63, 3.8) is 0 Å². The number of ether oxygens (including phenoxy) is 1. The highest BCUT2D eigenvalue weighted by molar-refractivity contribution is 5.85. The van der Waals surface area contributed by atoms with E-state index in [0.29, 0.717) is 11.8 Å². The van der Waals surface area contributed by atoms with Gasteiger partial charge in [-0.25, -0.2) is 0 Å². The summed E-state index contributed by atoms with van der Waals surface area (Å²) in [7, 11) is 1.45. The Morgan fingerprint density at radius 1 is 1.38 bits per heavy atom. The quantitative estimate of drug-likeness (QED) is 0.649. The molecule has 0 aromatic heterocycles. The standard InChI is InChI=1S/C9H15NO2.ClH/c1-12-9(11)7-5-2-3-6(4-5)8(7)10;/h5-8H,2-4,10H2,1H3;1H/t5-,6+,7-,8+;/m1./s1. The van der Waals surface area contributed by atoms with Crippen LogP contribution in [0.25, 0.3) is 0 Å². The highest BCUT2D eigenvalue weighted by Crippen LogP contribution is 2.47. The fourth-order valence-corrected chi connectivity index (χ4v) is 2.82. The third kappa shape index (κ3) is 1.55. The van der Waals surface area contributed by atoms with Crippen molar-refractivity contribution in [1.29, 1.82) is 0 Å². The topological polar surface area (TPSA) is 52.3 Å². The summed E-state index contributed by atoms with van der Waals surface area (Å²) < 4.78 is 4.74. The molecule has 0 aromatic carbocycles. The molecule has 2 aliphatic rings. The van der Waals surface area contributed by atoms with Gasteiger partial charge in [-0.2, -0.15) is 0 Å². The molecule has 0 unspecified atom stereocenters. The van der Waals surface area contributed by atoms with Crippen LogP contribution in [0.5, 0.6) is 0 Å². The summed E-state index contributed by atoms with van der Waals surface area (Å²) in [5.74, 6) is 0.986. The Labute approximate surface area is 84.4 Å². The second-order valence-electron chi connectivity index (χ2n) is 3.96. The van der Waals surface area contributed by atoms with Crippen LogP contribution in [-0.2, 0) is 9.53 Å².